The molecule has 1 atom stereocenters. The van der Waals surface area contributed by atoms with Gasteiger partial charge in [0.05, 0.1) is 36.2 Å². The Hall–Kier alpha value is -2.27. The van der Waals surface area contributed by atoms with Crippen LogP contribution in [0.3, 0.4) is 0 Å². The summed E-state index contributed by atoms with van der Waals surface area (Å²) in [7, 11) is 3.06. The van der Waals surface area contributed by atoms with Gasteiger partial charge in [0, 0.05) is 13.6 Å². The zero-order chi connectivity index (χ0) is 19.0. The number of carbonyl (C=O) groups excluding carboxylic acids is 2. The molecule has 0 aliphatic carbocycles. The molecule has 8 heteroatoms. The fraction of sp³-hybridized carbons (Fsp3) is 0.471. The van der Waals surface area contributed by atoms with Gasteiger partial charge in [-0.05, 0) is 41.9 Å². The number of hydrogen-bond donors (Lipinski definition) is 0. The van der Waals surface area contributed by atoms with E-state index < -0.39 is 12.1 Å². The number of esters is 1. The molecule has 0 spiro atoms. The molecule has 7 nitrogen and oxygen atoms in total. The first-order valence-electron chi connectivity index (χ1n) is 7.68. The Morgan fingerprint density at radius 2 is 2.08 bits per heavy atom. The number of nitrogens with zero attached hydrogens (tertiary/aromatic N) is 2. The summed E-state index contributed by atoms with van der Waals surface area (Å²) in [4.78, 5) is 25.8. The lowest BCUT2D eigenvalue weighted by Gasteiger charge is -2.20. The normalized spacial score (nSPS) is 11.2. The standard InChI is InChI=1S/C17H21BrN2O5/c1-5-24-14-10-12(9-13(18)15(14)23-4)17(22)25-11(2)16(21)20(3)8-6-7-19/h9-11H,5-6,8H2,1-4H3/t11-/m0/s1. The van der Waals surface area contributed by atoms with E-state index in [-0.39, 0.29) is 24.4 Å². The van der Waals surface area contributed by atoms with E-state index in [9.17, 15) is 9.59 Å². The smallest absolute Gasteiger partial charge is 0.339 e. The average Bonchev–Trinajstić information content (AvgIpc) is 2.58. The van der Waals surface area contributed by atoms with Crippen LogP contribution in [-0.4, -0.2) is 50.2 Å². The predicted molar refractivity (Wildman–Crippen MR) is 94.6 cm³/mol. The quantitative estimate of drug-likeness (QED) is 0.609. The average molecular weight is 413 g/mol. The summed E-state index contributed by atoms with van der Waals surface area (Å²) in [5.74, 6) is -0.157. The second-order valence-corrected chi connectivity index (χ2v) is 5.99. The Morgan fingerprint density at radius 1 is 1.40 bits per heavy atom. The molecule has 0 radical (unpaired) electrons. The zero-order valence-corrected chi connectivity index (χ0v) is 16.3. The highest BCUT2D eigenvalue weighted by Gasteiger charge is 2.23. The lowest BCUT2D eigenvalue weighted by molar-refractivity contribution is -0.138. The van der Waals surface area contributed by atoms with Crippen molar-refractivity contribution >= 4 is 27.8 Å². The summed E-state index contributed by atoms with van der Waals surface area (Å²) in [6.45, 7) is 3.99. The molecule has 0 saturated heterocycles. The van der Waals surface area contributed by atoms with E-state index >= 15 is 0 Å². The van der Waals surface area contributed by atoms with E-state index in [0.29, 0.717) is 22.6 Å². The molecule has 25 heavy (non-hydrogen) atoms. The van der Waals surface area contributed by atoms with E-state index in [4.69, 9.17) is 19.5 Å². The number of rotatable bonds is 8. The maximum atomic E-state index is 12.3. The lowest BCUT2D eigenvalue weighted by Crippen LogP contribution is -2.37. The van der Waals surface area contributed by atoms with Crippen LogP contribution in [0.15, 0.2) is 16.6 Å². The third-order valence-corrected chi connectivity index (χ3v) is 3.91. The van der Waals surface area contributed by atoms with Gasteiger partial charge in [-0.2, -0.15) is 5.26 Å². The van der Waals surface area contributed by atoms with Crippen molar-refractivity contribution in [2.45, 2.75) is 26.4 Å². The molecule has 1 amide bonds. The molecule has 1 aromatic carbocycles. The van der Waals surface area contributed by atoms with Gasteiger partial charge in [0.1, 0.15) is 0 Å². The predicted octanol–water partition coefficient (Wildman–Crippen LogP) is 2.77. The molecule has 0 bridgehead atoms. The molecule has 0 N–H and O–H groups in total. The maximum Gasteiger partial charge on any atom is 0.339 e. The number of carbonyl (C=O) groups is 2. The van der Waals surface area contributed by atoms with Crippen molar-refractivity contribution in [3.8, 4) is 17.6 Å². The first-order chi connectivity index (χ1) is 11.8. The van der Waals surface area contributed by atoms with Gasteiger partial charge in [0.25, 0.3) is 5.91 Å². The second-order valence-electron chi connectivity index (χ2n) is 5.14. The first kappa shape index (κ1) is 20.8. The van der Waals surface area contributed by atoms with Gasteiger partial charge in [0.15, 0.2) is 17.6 Å². The van der Waals surface area contributed by atoms with Crippen LogP contribution in [0, 0.1) is 11.3 Å². The Kier molecular flexibility index (Phi) is 8.22. The molecule has 0 saturated carbocycles. The molecule has 0 aromatic heterocycles. The Labute approximate surface area is 155 Å². The molecule has 0 aliphatic rings. The van der Waals surface area contributed by atoms with Gasteiger partial charge < -0.3 is 19.1 Å². The van der Waals surface area contributed by atoms with Crippen LogP contribution in [0.25, 0.3) is 0 Å². The zero-order valence-electron chi connectivity index (χ0n) is 14.7. The number of nitriles is 1. The monoisotopic (exact) mass is 412 g/mol. The van der Waals surface area contributed by atoms with Crippen LogP contribution in [-0.2, 0) is 9.53 Å². The summed E-state index contributed by atoms with van der Waals surface area (Å²) in [5.41, 5.74) is 0.232. The number of methoxy groups -OCH3 is 1. The van der Waals surface area contributed by atoms with E-state index in [2.05, 4.69) is 15.9 Å². The molecule has 136 valence electrons. The minimum atomic E-state index is -0.965. The molecule has 1 aromatic rings. The minimum absolute atomic E-state index is 0.214. The van der Waals surface area contributed by atoms with Crippen molar-refractivity contribution < 1.29 is 23.8 Å². The minimum Gasteiger partial charge on any atom is -0.492 e. The largest absolute Gasteiger partial charge is 0.492 e. The molecular weight excluding hydrogens is 392 g/mol. The number of benzene rings is 1. The fourth-order valence-electron chi connectivity index (χ4n) is 2.06. The number of halogens is 1. The summed E-state index contributed by atoms with van der Waals surface area (Å²) in [6.07, 6.45) is -0.751. The van der Waals surface area contributed by atoms with Gasteiger partial charge in [-0.25, -0.2) is 4.79 Å². The fourth-order valence-corrected chi connectivity index (χ4v) is 2.67. The van der Waals surface area contributed by atoms with Crippen LogP contribution in [0.2, 0.25) is 0 Å². The number of ether oxygens (including phenoxy) is 3. The van der Waals surface area contributed by atoms with Crippen LogP contribution >= 0.6 is 15.9 Å². The SMILES string of the molecule is CCOc1cc(C(=O)O[C@@H](C)C(=O)N(C)CCC#N)cc(Br)c1OC. The highest BCUT2D eigenvalue weighted by molar-refractivity contribution is 9.10. The number of likely N-dealkylation sites (N-methyl/N-ethyl adjacent to an activating group) is 1. The van der Waals surface area contributed by atoms with Crippen LogP contribution < -0.4 is 9.47 Å². The molecule has 0 unspecified atom stereocenters. The molecular formula is C17H21BrN2O5. The van der Waals surface area contributed by atoms with E-state index in [0.717, 1.165) is 0 Å². The Balaban J connectivity index is 2.90. The summed E-state index contributed by atoms with van der Waals surface area (Å²) in [6, 6.07) is 5.01. The summed E-state index contributed by atoms with van der Waals surface area (Å²) in [5, 5.41) is 8.57. The Morgan fingerprint density at radius 3 is 2.64 bits per heavy atom. The summed E-state index contributed by atoms with van der Waals surface area (Å²) < 4.78 is 16.5. The van der Waals surface area contributed by atoms with Crippen molar-refractivity contribution in [2.24, 2.45) is 0 Å². The van der Waals surface area contributed by atoms with Crippen LogP contribution in [0.4, 0.5) is 0 Å². The van der Waals surface area contributed by atoms with Gasteiger partial charge in [-0.15, -0.1) is 0 Å². The van der Waals surface area contributed by atoms with Gasteiger partial charge in [-0.1, -0.05) is 0 Å². The van der Waals surface area contributed by atoms with E-state index in [1.54, 1.807) is 13.1 Å². The topological polar surface area (TPSA) is 88.9 Å². The maximum absolute atomic E-state index is 12.3. The van der Waals surface area contributed by atoms with Gasteiger partial charge in [0.2, 0.25) is 0 Å². The van der Waals surface area contributed by atoms with Crippen LogP contribution in [0.1, 0.15) is 30.6 Å². The second kappa shape index (κ2) is 9.89. The lowest BCUT2D eigenvalue weighted by atomic mass is 10.2. The van der Waals surface area contributed by atoms with Crippen molar-refractivity contribution in [1.29, 1.82) is 5.26 Å². The van der Waals surface area contributed by atoms with Crippen molar-refractivity contribution in [3.63, 3.8) is 0 Å². The molecule has 0 fully saturated rings. The number of amides is 1. The third-order valence-electron chi connectivity index (χ3n) is 3.32. The molecule has 0 heterocycles. The van der Waals surface area contributed by atoms with E-state index in [1.807, 2.05) is 13.0 Å². The highest BCUT2D eigenvalue weighted by Crippen LogP contribution is 2.36. The van der Waals surface area contributed by atoms with Gasteiger partial charge in [-0.3, -0.25) is 4.79 Å². The van der Waals surface area contributed by atoms with Gasteiger partial charge >= 0.3 is 5.97 Å². The highest BCUT2D eigenvalue weighted by atomic mass is 79.9. The van der Waals surface area contributed by atoms with E-state index in [1.165, 1.54) is 25.0 Å². The van der Waals surface area contributed by atoms with Crippen molar-refractivity contribution in [3.05, 3.63) is 22.2 Å². The first-order valence-corrected chi connectivity index (χ1v) is 8.48. The molecule has 1 rings (SSSR count). The van der Waals surface area contributed by atoms with Crippen molar-refractivity contribution in [2.75, 3.05) is 27.3 Å². The number of hydrogen-bond acceptors (Lipinski definition) is 6. The summed E-state index contributed by atoms with van der Waals surface area (Å²) >= 11 is 3.32. The molecule has 0 aliphatic heterocycles. The van der Waals surface area contributed by atoms with Crippen molar-refractivity contribution in [1.82, 2.24) is 4.90 Å². The Bertz CT molecular complexity index is 672. The van der Waals surface area contributed by atoms with Crippen LogP contribution in [0.5, 0.6) is 11.5 Å². The third kappa shape index (κ3) is 5.64.